The predicted octanol–water partition coefficient (Wildman–Crippen LogP) is 3.85. The van der Waals surface area contributed by atoms with Crippen LogP contribution >= 0.6 is 0 Å². The zero-order valence-electron chi connectivity index (χ0n) is 13.3. The topological polar surface area (TPSA) is 52.6 Å². The van der Waals surface area contributed by atoms with Crippen LogP contribution in [-0.2, 0) is 20.7 Å². The van der Waals surface area contributed by atoms with E-state index >= 15 is 0 Å². The zero-order chi connectivity index (χ0) is 16.7. The molecule has 0 radical (unpaired) electrons. The quantitative estimate of drug-likeness (QED) is 0.600. The highest BCUT2D eigenvalue weighted by Crippen LogP contribution is 2.22. The lowest BCUT2D eigenvalue weighted by atomic mass is 10.1. The molecule has 0 N–H and O–H groups in total. The Bertz CT molecular complexity index is 664. The fourth-order valence-corrected chi connectivity index (χ4v) is 2.13. The molecule has 0 saturated heterocycles. The first-order valence-corrected chi connectivity index (χ1v) is 7.63. The minimum Gasteiger partial charge on any atom is -0.458 e. The Labute approximate surface area is 136 Å². The molecule has 0 saturated carbocycles. The van der Waals surface area contributed by atoms with Crippen molar-refractivity contribution in [2.45, 2.75) is 32.8 Å². The van der Waals surface area contributed by atoms with Crippen molar-refractivity contribution in [1.82, 2.24) is 0 Å². The second kappa shape index (κ2) is 8.13. The number of carbonyl (C=O) groups excluding carboxylic acids is 2. The number of rotatable bonds is 6. The molecule has 0 spiro atoms. The highest BCUT2D eigenvalue weighted by Gasteiger charge is 2.15. The van der Waals surface area contributed by atoms with Crippen LogP contribution in [0.5, 0.6) is 5.75 Å². The second-order valence-corrected chi connectivity index (χ2v) is 5.15. The molecule has 4 nitrogen and oxygen atoms in total. The van der Waals surface area contributed by atoms with E-state index in [4.69, 9.17) is 9.47 Å². The summed E-state index contributed by atoms with van der Waals surface area (Å²) in [5.41, 5.74) is 1.58. The van der Waals surface area contributed by atoms with Gasteiger partial charge in [0, 0.05) is 12.0 Å². The average Bonchev–Trinajstić information content (AvgIpc) is 2.57. The van der Waals surface area contributed by atoms with Crippen molar-refractivity contribution in [3.8, 4) is 5.75 Å². The van der Waals surface area contributed by atoms with E-state index in [1.807, 2.05) is 37.3 Å². The summed E-state index contributed by atoms with van der Waals surface area (Å²) < 4.78 is 10.7. The van der Waals surface area contributed by atoms with Gasteiger partial charge in [-0.25, -0.2) is 0 Å². The summed E-state index contributed by atoms with van der Waals surface area (Å²) in [4.78, 5) is 23.6. The summed E-state index contributed by atoms with van der Waals surface area (Å²) in [6.45, 7) is 3.55. The van der Waals surface area contributed by atoms with Gasteiger partial charge < -0.3 is 9.47 Å². The number of benzene rings is 2. The van der Waals surface area contributed by atoms with Crippen LogP contribution in [0.3, 0.4) is 0 Å². The van der Waals surface area contributed by atoms with E-state index in [0.717, 1.165) is 5.56 Å². The van der Waals surface area contributed by atoms with E-state index in [0.29, 0.717) is 11.3 Å². The lowest BCUT2D eigenvalue weighted by Crippen LogP contribution is -2.13. The van der Waals surface area contributed by atoms with E-state index in [1.54, 1.807) is 31.2 Å². The van der Waals surface area contributed by atoms with Gasteiger partial charge in [-0.2, -0.15) is 0 Å². The molecule has 0 aromatic heterocycles. The first kappa shape index (κ1) is 16.7. The van der Waals surface area contributed by atoms with Crippen molar-refractivity contribution < 1.29 is 19.1 Å². The van der Waals surface area contributed by atoms with Gasteiger partial charge in [-0.3, -0.25) is 9.59 Å². The number of hydrogen-bond donors (Lipinski definition) is 0. The fraction of sp³-hybridized carbons (Fsp3) is 0.263. The van der Waals surface area contributed by atoms with Crippen LogP contribution in [0, 0.1) is 0 Å². The van der Waals surface area contributed by atoms with Crippen LogP contribution < -0.4 is 4.74 Å². The summed E-state index contributed by atoms with van der Waals surface area (Å²) in [6, 6.07) is 16.5. The molecule has 4 heteroatoms. The second-order valence-electron chi connectivity index (χ2n) is 5.15. The minimum atomic E-state index is -0.360. The molecule has 0 aliphatic rings. The van der Waals surface area contributed by atoms with Crippen LogP contribution in [-0.4, -0.2) is 11.9 Å². The van der Waals surface area contributed by atoms with Gasteiger partial charge in [0.1, 0.15) is 11.9 Å². The summed E-state index contributed by atoms with van der Waals surface area (Å²) in [6.07, 6.45) is 0.0165. The third kappa shape index (κ3) is 4.95. The van der Waals surface area contributed by atoms with Crippen LogP contribution in [0.4, 0.5) is 0 Å². The van der Waals surface area contributed by atoms with Crippen molar-refractivity contribution in [1.29, 1.82) is 0 Å². The van der Waals surface area contributed by atoms with E-state index in [2.05, 4.69) is 0 Å². The third-order valence-electron chi connectivity index (χ3n) is 3.40. The van der Waals surface area contributed by atoms with Crippen molar-refractivity contribution in [3.05, 3.63) is 65.7 Å². The first-order chi connectivity index (χ1) is 11.1. The maximum Gasteiger partial charge on any atom is 0.311 e. The fourth-order valence-electron chi connectivity index (χ4n) is 2.13. The molecule has 1 unspecified atom stereocenters. The van der Waals surface area contributed by atoms with Crippen molar-refractivity contribution in [3.63, 3.8) is 0 Å². The summed E-state index contributed by atoms with van der Waals surface area (Å²) in [5, 5.41) is 0. The number of para-hydroxylation sites is 1. The standard InChI is InChI=1S/C19H20O4/c1-3-18(20)23-17-12-8-7-11-16(17)13-19(21)22-14(2)15-9-5-4-6-10-15/h4-12,14H,3,13H2,1-2H3. The van der Waals surface area contributed by atoms with Crippen LogP contribution in [0.2, 0.25) is 0 Å². The van der Waals surface area contributed by atoms with Crippen molar-refractivity contribution in [2.75, 3.05) is 0 Å². The Morgan fingerprint density at radius 3 is 2.30 bits per heavy atom. The van der Waals surface area contributed by atoms with E-state index in [1.165, 1.54) is 0 Å². The minimum absolute atomic E-state index is 0.0599. The molecule has 2 aromatic carbocycles. The molecule has 2 rings (SSSR count). The van der Waals surface area contributed by atoms with Gasteiger partial charge in [0.05, 0.1) is 6.42 Å². The Hall–Kier alpha value is -2.62. The molecular weight excluding hydrogens is 292 g/mol. The highest BCUT2D eigenvalue weighted by atomic mass is 16.5. The molecule has 0 bridgehead atoms. The Balaban J connectivity index is 2.01. The van der Waals surface area contributed by atoms with Gasteiger partial charge in [-0.05, 0) is 18.6 Å². The average molecular weight is 312 g/mol. The Morgan fingerprint density at radius 1 is 0.957 bits per heavy atom. The molecule has 0 heterocycles. The van der Waals surface area contributed by atoms with Gasteiger partial charge in [0.2, 0.25) is 0 Å². The predicted molar refractivity (Wildman–Crippen MR) is 87.0 cm³/mol. The molecule has 0 aliphatic carbocycles. The van der Waals surface area contributed by atoms with Gasteiger partial charge >= 0.3 is 11.9 Å². The van der Waals surface area contributed by atoms with Gasteiger partial charge in [0.25, 0.3) is 0 Å². The number of hydrogen-bond acceptors (Lipinski definition) is 4. The van der Waals surface area contributed by atoms with E-state index in [9.17, 15) is 9.59 Å². The van der Waals surface area contributed by atoms with Crippen LogP contribution in [0.15, 0.2) is 54.6 Å². The molecule has 0 fully saturated rings. The molecular formula is C19H20O4. The number of carbonyl (C=O) groups is 2. The molecule has 23 heavy (non-hydrogen) atoms. The van der Waals surface area contributed by atoms with E-state index in [-0.39, 0.29) is 30.9 Å². The number of esters is 2. The lowest BCUT2D eigenvalue weighted by Gasteiger charge is -2.14. The third-order valence-corrected chi connectivity index (χ3v) is 3.40. The Morgan fingerprint density at radius 2 is 1.61 bits per heavy atom. The van der Waals surface area contributed by atoms with Gasteiger partial charge in [-0.1, -0.05) is 55.5 Å². The normalized spacial score (nSPS) is 11.6. The first-order valence-electron chi connectivity index (χ1n) is 7.63. The monoisotopic (exact) mass is 312 g/mol. The van der Waals surface area contributed by atoms with Gasteiger partial charge in [-0.15, -0.1) is 0 Å². The summed E-state index contributed by atoms with van der Waals surface area (Å²) in [5.74, 6) is -0.284. The van der Waals surface area contributed by atoms with Crippen LogP contribution in [0.1, 0.15) is 37.5 Å². The highest BCUT2D eigenvalue weighted by molar-refractivity contribution is 5.76. The zero-order valence-corrected chi connectivity index (χ0v) is 13.3. The largest absolute Gasteiger partial charge is 0.458 e. The number of ether oxygens (including phenoxy) is 2. The van der Waals surface area contributed by atoms with E-state index < -0.39 is 0 Å². The SMILES string of the molecule is CCC(=O)Oc1ccccc1CC(=O)OC(C)c1ccccc1. The molecule has 120 valence electrons. The van der Waals surface area contributed by atoms with Crippen LogP contribution in [0.25, 0.3) is 0 Å². The lowest BCUT2D eigenvalue weighted by molar-refractivity contribution is -0.148. The molecule has 0 aliphatic heterocycles. The molecule has 0 amide bonds. The molecule has 1 atom stereocenters. The maximum atomic E-state index is 12.1. The summed E-state index contributed by atoms with van der Waals surface area (Å²) >= 11 is 0. The van der Waals surface area contributed by atoms with Crippen molar-refractivity contribution >= 4 is 11.9 Å². The Kier molecular flexibility index (Phi) is 5.92. The van der Waals surface area contributed by atoms with Crippen molar-refractivity contribution in [2.24, 2.45) is 0 Å². The molecule has 2 aromatic rings. The summed E-state index contributed by atoms with van der Waals surface area (Å²) in [7, 11) is 0. The maximum absolute atomic E-state index is 12.1. The smallest absolute Gasteiger partial charge is 0.311 e. The van der Waals surface area contributed by atoms with Gasteiger partial charge in [0.15, 0.2) is 0 Å².